The number of hydrogen-bond donors (Lipinski definition) is 1. The molecule has 1 aromatic heterocycles. The van der Waals surface area contributed by atoms with Crippen LogP contribution in [0, 0.1) is 12.8 Å². The van der Waals surface area contributed by atoms with E-state index in [1.807, 2.05) is 12.3 Å². The van der Waals surface area contributed by atoms with Crippen LogP contribution in [0.25, 0.3) is 0 Å². The van der Waals surface area contributed by atoms with Gasteiger partial charge in [-0.1, -0.05) is 30.3 Å². The first-order valence-corrected chi connectivity index (χ1v) is 9.05. The van der Waals surface area contributed by atoms with E-state index in [9.17, 15) is 4.79 Å². The molecule has 0 radical (unpaired) electrons. The monoisotopic (exact) mass is 329 g/mol. The molecule has 0 bridgehead atoms. The van der Waals surface area contributed by atoms with Crippen LogP contribution in [0.5, 0.6) is 0 Å². The van der Waals surface area contributed by atoms with Crippen molar-refractivity contribution in [3.05, 3.63) is 47.0 Å². The van der Waals surface area contributed by atoms with Gasteiger partial charge in [0.2, 0.25) is 5.91 Å². The lowest BCUT2D eigenvalue weighted by Gasteiger charge is -2.31. The van der Waals surface area contributed by atoms with Crippen LogP contribution in [-0.4, -0.2) is 35.4 Å². The first-order valence-electron chi connectivity index (χ1n) is 8.17. The number of hydrogen-bond acceptors (Lipinski definition) is 4. The second kappa shape index (κ2) is 7.70. The molecule has 0 spiro atoms. The van der Waals surface area contributed by atoms with Crippen LogP contribution in [0.1, 0.15) is 24.1 Å². The number of aryl methyl sites for hydroxylation is 1. The maximum Gasteiger partial charge on any atom is 0.240 e. The van der Waals surface area contributed by atoms with E-state index in [0.29, 0.717) is 11.7 Å². The van der Waals surface area contributed by atoms with E-state index < -0.39 is 0 Å². The van der Waals surface area contributed by atoms with Crippen LogP contribution in [0.3, 0.4) is 0 Å². The highest BCUT2D eigenvalue weighted by atomic mass is 32.1. The van der Waals surface area contributed by atoms with Crippen LogP contribution in [-0.2, 0) is 11.2 Å². The summed E-state index contributed by atoms with van der Waals surface area (Å²) in [5, 5.41) is 5.54. The van der Waals surface area contributed by atoms with Gasteiger partial charge in [0.15, 0.2) is 5.13 Å². The van der Waals surface area contributed by atoms with Crippen molar-refractivity contribution in [3.63, 3.8) is 0 Å². The summed E-state index contributed by atoms with van der Waals surface area (Å²) in [6, 6.07) is 10.7. The minimum Gasteiger partial charge on any atom is -0.301 e. The molecule has 2 aromatic rings. The maximum absolute atomic E-state index is 12.1. The minimum absolute atomic E-state index is 0.0425. The van der Waals surface area contributed by atoms with Gasteiger partial charge in [0, 0.05) is 5.38 Å². The molecule has 1 aromatic carbocycles. The van der Waals surface area contributed by atoms with Gasteiger partial charge in [0.05, 0.1) is 12.2 Å². The molecule has 122 valence electrons. The fourth-order valence-corrected chi connectivity index (χ4v) is 3.77. The summed E-state index contributed by atoms with van der Waals surface area (Å²) in [4.78, 5) is 18.6. The second-order valence-corrected chi connectivity index (χ2v) is 7.11. The molecule has 2 heterocycles. The predicted octanol–water partition coefficient (Wildman–Crippen LogP) is 3.34. The Morgan fingerprint density at radius 3 is 2.70 bits per heavy atom. The van der Waals surface area contributed by atoms with Crippen molar-refractivity contribution >= 4 is 22.4 Å². The molecule has 1 aliphatic rings. The zero-order valence-electron chi connectivity index (χ0n) is 13.5. The van der Waals surface area contributed by atoms with Crippen molar-refractivity contribution in [2.24, 2.45) is 5.92 Å². The Hall–Kier alpha value is -1.72. The Labute approximate surface area is 141 Å². The molecule has 23 heavy (non-hydrogen) atoms. The molecule has 1 amide bonds. The van der Waals surface area contributed by atoms with Crippen LogP contribution in [0.15, 0.2) is 35.7 Å². The number of aromatic nitrogens is 1. The Kier molecular flexibility index (Phi) is 5.41. The molecule has 0 atom stereocenters. The van der Waals surface area contributed by atoms with Gasteiger partial charge in [-0.05, 0) is 50.8 Å². The number of benzene rings is 1. The summed E-state index contributed by atoms with van der Waals surface area (Å²) in [6.07, 6.45) is 3.48. The van der Waals surface area contributed by atoms with Gasteiger partial charge < -0.3 is 5.32 Å². The molecule has 0 saturated carbocycles. The lowest BCUT2D eigenvalue weighted by atomic mass is 9.90. The van der Waals surface area contributed by atoms with E-state index in [0.717, 1.165) is 31.1 Å². The van der Waals surface area contributed by atoms with E-state index in [1.54, 1.807) is 0 Å². The fourth-order valence-electron chi connectivity index (χ4n) is 3.07. The summed E-state index contributed by atoms with van der Waals surface area (Å²) < 4.78 is 0. The second-order valence-electron chi connectivity index (χ2n) is 6.25. The van der Waals surface area contributed by atoms with Crippen LogP contribution < -0.4 is 5.32 Å². The van der Waals surface area contributed by atoms with Crippen molar-refractivity contribution in [2.75, 3.05) is 25.0 Å². The molecule has 3 rings (SSSR count). The molecular weight excluding hydrogens is 306 g/mol. The summed E-state index contributed by atoms with van der Waals surface area (Å²) in [7, 11) is 0. The largest absolute Gasteiger partial charge is 0.301 e. The van der Waals surface area contributed by atoms with Crippen molar-refractivity contribution in [1.29, 1.82) is 0 Å². The van der Waals surface area contributed by atoms with Crippen molar-refractivity contribution < 1.29 is 4.79 Å². The molecule has 5 heteroatoms. The van der Waals surface area contributed by atoms with E-state index in [-0.39, 0.29) is 5.91 Å². The van der Waals surface area contributed by atoms with Gasteiger partial charge in [0.1, 0.15) is 0 Å². The Bertz CT molecular complexity index is 633. The quantitative estimate of drug-likeness (QED) is 0.915. The molecule has 1 N–H and O–H groups in total. The number of piperidine rings is 1. The number of carbonyl (C=O) groups excluding carboxylic acids is 1. The topological polar surface area (TPSA) is 45.2 Å². The minimum atomic E-state index is 0.0425. The van der Waals surface area contributed by atoms with Gasteiger partial charge in [-0.2, -0.15) is 0 Å². The molecule has 1 fully saturated rings. The molecule has 0 aliphatic carbocycles. The third-order valence-electron chi connectivity index (χ3n) is 4.31. The zero-order chi connectivity index (χ0) is 16.1. The molecular formula is C18H23N3OS. The Morgan fingerprint density at radius 2 is 2.04 bits per heavy atom. The summed E-state index contributed by atoms with van der Waals surface area (Å²) in [6.45, 7) is 4.41. The zero-order valence-corrected chi connectivity index (χ0v) is 14.3. The van der Waals surface area contributed by atoms with E-state index in [4.69, 9.17) is 0 Å². The molecule has 1 aliphatic heterocycles. The highest BCUT2D eigenvalue weighted by Gasteiger charge is 2.21. The average molecular weight is 329 g/mol. The normalized spacial score (nSPS) is 16.4. The number of amides is 1. The van der Waals surface area contributed by atoms with E-state index in [1.165, 1.54) is 29.7 Å². The highest BCUT2D eigenvalue weighted by molar-refractivity contribution is 7.13. The number of anilines is 1. The van der Waals surface area contributed by atoms with Crippen LogP contribution in [0.4, 0.5) is 5.13 Å². The molecule has 0 unspecified atom stereocenters. The van der Waals surface area contributed by atoms with Crippen molar-refractivity contribution in [2.45, 2.75) is 26.2 Å². The van der Waals surface area contributed by atoms with Crippen molar-refractivity contribution in [1.82, 2.24) is 9.88 Å². The third-order valence-corrected chi connectivity index (χ3v) is 5.18. The lowest BCUT2D eigenvalue weighted by Crippen LogP contribution is -2.39. The predicted molar refractivity (Wildman–Crippen MR) is 94.8 cm³/mol. The number of thiazole rings is 1. The molecule has 4 nitrogen and oxygen atoms in total. The number of nitrogens with zero attached hydrogens (tertiary/aromatic N) is 2. The van der Waals surface area contributed by atoms with Crippen molar-refractivity contribution in [3.8, 4) is 0 Å². The van der Waals surface area contributed by atoms with Crippen LogP contribution in [0.2, 0.25) is 0 Å². The standard InChI is InChI=1S/C18H23N3OS/c1-14-13-23-18(19-14)20-17(22)12-21-9-7-16(8-10-21)11-15-5-3-2-4-6-15/h2-6,13,16H,7-12H2,1H3,(H,19,20,22). The SMILES string of the molecule is Cc1csc(NC(=O)CN2CCC(Cc3ccccc3)CC2)n1. The smallest absolute Gasteiger partial charge is 0.240 e. The maximum atomic E-state index is 12.1. The first-order chi connectivity index (χ1) is 11.2. The van der Waals surface area contributed by atoms with Gasteiger partial charge in [0.25, 0.3) is 0 Å². The van der Waals surface area contributed by atoms with E-state index in [2.05, 4.69) is 45.5 Å². The van der Waals surface area contributed by atoms with Gasteiger partial charge in [-0.15, -0.1) is 11.3 Å². The number of rotatable bonds is 5. The molecule has 1 saturated heterocycles. The van der Waals surface area contributed by atoms with E-state index >= 15 is 0 Å². The first kappa shape index (κ1) is 16.1. The summed E-state index contributed by atoms with van der Waals surface area (Å²) in [5.41, 5.74) is 2.37. The number of likely N-dealkylation sites (tertiary alicyclic amines) is 1. The number of nitrogens with one attached hydrogen (secondary N) is 1. The average Bonchev–Trinajstić information content (AvgIpc) is 2.95. The Balaban J connectivity index is 1.41. The number of carbonyl (C=O) groups is 1. The van der Waals surface area contributed by atoms with Gasteiger partial charge in [-0.3, -0.25) is 9.69 Å². The Morgan fingerprint density at radius 1 is 1.30 bits per heavy atom. The summed E-state index contributed by atoms with van der Waals surface area (Å²) >= 11 is 1.48. The van der Waals surface area contributed by atoms with Gasteiger partial charge >= 0.3 is 0 Å². The highest BCUT2D eigenvalue weighted by Crippen LogP contribution is 2.21. The third kappa shape index (κ3) is 4.88. The fraction of sp³-hybridized carbons (Fsp3) is 0.444. The van der Waals surface area contributed by atoms with Gasteiger partial charge in [-0.25, -0.2) is 4.98 Å². The lowest BCUT2D eigenvalue weighted by molar-refractivity contribution is -0.117. The van der Waals surface area contributed by atoms with Crippen LogP contribution >= 0.6 is 11.3 Å². The summed E-state index contributed by atoms with van der Waals surface area (Å²) in [5.74, 6) is 0.777.